The van der Waals surface area contributed by atoms with Crippen LogP contribution in [0, 0.1) is 5.92 Å². The fourth-order valence-electron chi connectivity index (χ4n) is 3.16. The standard InChI is InChI=1S/C15H23NS/c1-2-3-11-4-6-13(7-5-11)15-16-14(10-17-15)12-8-9-12/h10-13H,2-9H2,1H3. The molecule has 0 radical (unpaired) electrons. The summed E-state index contributed by atoms with van der Waals surface area (Å²) in [5, 5.41) is 3.77. The van der Waals surface area contributed by atoms with Crippen LogP contribution in [0.5, 0.6) is 0 Å². The second-order valence-electron chi connectivity index (χ2n) is 5.89. The molecule has 1 aromatic heterocycles. The lowest BCUT2D eigenvalue weighted by atomic mass is 9.80. The maximum atomic E-state index is 4.89. The highest BCUT2D eigenvalue weighted by atomic mass is 32.1. The van der Waals surface area contributed by atoms with Crippen molar-refractivity contribution in [1.29, 1.82) is 0 Å². The first-order valence-electron chi connectivity index (χ1n) is 7.32. The van der Waals surface area contributed by atoms with E-state index in [-0.39, 0.29) is 0 Å². The second-order valence-corrected chi connectivity index (χ2v) is 6.78. The Kier molecular flexibility index (Phi) is 3.51. The zero-order valence-electron chi connectivity index (χ0n) is 10.8. The zero-order valence-corrected chi connectivity index (χ0v) is 11.6. The summed E-state index contributed by atoms with van der Waals surface area (Å²) in [6.45, 7) is 2.31. The third-order valence-electron chi connectivity index (χ3n) is 4.43. The van der Waals surface area contributed by atoms with Gasteiger partial charge in [-0.15, -0.1) is 11.3 Å². The number of aromatic nitrogens is 1. The average molecular weight is 249 g/mol. The highest BCUT2D eigenvalue weighted by Crippen LogP contribution is 2.43. The van der Waals surface area contributed by atoms with E-state index in [0.717, 1.165) is 17.8 Å². The minimum atomic E-state index is 0.792. The van der Waals surface area contributed by atoms with Crippen LogP contribution >= 0.6 is 11.3 Å². The monoisotopic (exact) mass is 249 g/mol. The summed E-state index contributed by atoms with van der Waals surface area (Å²) in [5.41, 5.74) is 1.40. The molecule has 2 aliphatic rings. The first kappa shape index (κ1) is 11.7. The van der Waals surface area contributed by atoms with Gasteiger partial charge in [0.25, 0.3) is 0 Å². The molecule has 0 N–H and O–H groups in total. The topological polar surface area (TPSA) is 12.9 Å². The number of nitrogens with zero attached hydrogens (tertiary/aromatic N) is 1. The van der Waals surface area contributed by atoms with Gasteiger partial charge < -0.3 is 0 Å². The molecular weight excluding hydrogens is 226 g/mol. The van der Waals surface area contributed by atoms with E-state index < -0.39 is 0 Å². The molecule has 0 spiro atoms. The maximum absolute atomic E-state index is 4.89. The van der Waals surface area contributed by atoms with E-state index in [4.69, 9.17) is 4.98 Å². The Morgan fingerprint density at radius 3 is 2.47 bits per heavy atom. The highest BCUT2D eigenvalue weighted by Gasteiger charge is 2.28. The van der Waals surface area contributed by atoms with Gasteiger partial charge in [-0.3, -0.25) is 0 Å². The summed E-state index contributed by atoms with van der Waals surface area (Å²) < 4.78 is 0. The first-order valence-corrected chi connectivity index (χ1v) is 8.20. The van der Waals surface area contributed by atoms with E-state index in [1.165, 1.54) is 62.1 Å². The Bertz CT molecular complexity index is 359. The van der Waals surface area contributed by atoms with E-state index in [1.807, 2.05) is 11.3 Å². The first-order chi connectivity index (χ1) is 8.36. The van der Waals surface area contributed by atoms with Gasteiger partial charge in [0.05, 0.1) is 10.7 Å². The van der Waals surface area contributed by atoms with Crippen LogP contribution in [-0.2, 0) is 0 Å². The molecule has 0 aliphatic heterocycles. The third-order valence-corrected chi connectivity index (χ3v) is 5.45. The van der Waals surface area contributed by atoms with Crippen LogP contribution < -0.4 is 0 Å². The van der Waals surface area contributed by atoms with Gasteiger partial charge in [0.15, 0.2) is 0 Å². The molecule has 1 aromatic rings. The summed E-state index contributed by atoms with van der Waals surface area (Å²) in [5.74, 6) is 2.64. The third kappa shape index (κ3) is 2.73. The van der Waals surface area contributed by atoms with Crippen molar-refractivity contribution < 1.29 is 0 Å². The lowest BCUT2D eigenvalue weighted by molar-refractivity contribution is 0.308. The molecule has 0 saturated heterocycles. The zero-order chi connectivity index (χ0) is 11.7. The lowest BCUT2D eigenvalue weighted by Gasteiger charge is -2.26. The molecule has 1 nitrogen and oxygen atoms in total. The summed E-state index contributed by atoms with van der Waals surface area (Å²) in [7, 11) is 0. The molecule has 17 heavy (non-hydrogen) atoms. The Hall–Kier alpha value is -0.370. The van der Waals surface area contributed by atoms with Crippen molar-refractivity contribution in [3.63, 3.8) is 0 Å². The Morgan fingerprint density at radius 2 is 1.82 bits per heavy atom. The van der Waals surface area contributed by atoms with Crippen molar-refractivity contribution in [3.8, 4) is 0 Å². The van der Waals surface area contributed by atoms with Crippen LogP contribution in [0.25, 0.3) is 0 Å². The van der Waals surface area contributed by atoms with Crippen molar-refractivity contribution in [2.24, 2.45) is 5.92 Å². The Balaban J connectivity index is 1.57. The molecule has 2 heteroatoms. The quantitative estimate of drug-likeness (QED) is 0.724. The molecule has 0 aromatic carbocycles. The summed E-state index contributed by atoms with van der Waals surface area (Å²) in [6, 6.07) is 0. The molecule has 94 valence electrons. The van der Waals surface area contributed by atoms with Gasteiger partial charge in [-0.05, 0) is 44.4 Å². The molecular formula is C15H23NS. The summed E-state index contributed by atoms with van der Waals surface area (Å²) in [4.78, 5) is 4.89. The number of rotatable bonds is 4. The van der Waals surface area contributed by atoms with E-state index >= 15 is 0 Å². The molecule has 0 bridgehead atoms. The van der Waals surface area contributed by atoms with Gasteiger partial charge in [-0.25, -0.2) is 4.98 Å². The van der Waals surface area contributed by atoms with Gasteiger partial charge >= 0.3 is 0 Å². The van der Waals surface area contributed by atoms with Gasteiger partial charge in [0, 0.05) is 17.2 Å². The van der Waals surface area contributed by atoms with Crippen molar-refractivity contribution in [1.82, 2.24) is 4.98 Å². The van der Waals surface area contributed by atoms with E-state index in [0.29, 0.717) is 0 Å². The summed E-state index contributed by atoms with van der Waals surface area (Å²) in [6.07, 6.45) is 11.2. The van der Waals surface area contributed by atoms with E-state index in [2.05, 4.69) is 12.3 Å². The van der Waals surface area contributed by atoms with Crippen LogP contribution in [0.2, 0.25) is 0 Å². The van der Waals surface area contributed by atoms with E-state index in [9.17, 15) is 0 Å². The normalized spacial score (nSPS) is 29.5. The van der Waals surface area contributed by atoms with Crippen LogP contribution in [0.1, 0.15) is 80.8 Å². The van der Waals surface area contributed by atoms with Crippen molar-refractivity contribution in [2.75, 3.05) is 0 Å². The minimum Gasteiger partial charge on any atom is -0.246 e. The number of hydrogen-bond donors (Lipinski definition) is 0. The minimum absolute atomic E-state index is 0.792. The van der Waals surface area contributed by atoms with Crippen molar-refractivity contribution in [2.45, 2.75) is 70.1 Å². The Morgan fingerprint density at radius 1 is 1.12 bits per heavy atom. The fraction of sp³-hybridized carbons (Fsp3) is 0.800. The van der Waals surface area contributed by atoms with Gasteiger partial charge in [-0.2, -0.15) is 0 Å². The molecule has 0 amide bonds. The highest BCUT2D eigenvalue weighted by molar-refractivity contribution is 7.09. The molecule has 3 rings (SSSR count). The van der Waals surface area contributed by atoms with Crippen LogP contribution in [0.15, 0.2) is 5.38 Å². The predicted octanol–water partition coefficient (Wildman–Crippen LogP) is 5.09. The molecule has 2 fully saturated rings. The fourth-order valence-corrected chi connectivity index (χ4v) is 4.23. The van der Waals surface area contributed by atoms with Gasteiger partial charge in [0.1, 0.15) is 0 Å². The molecule has 2 saturated carbocycles. The van der Waals surface area contributed by atoms with Crippen molar-refractivity contribution >= 4 is 11.3 Å². The Labute approximate surface area is 109 Å². The molecule has 0 unspecified atom stereocenters. The second kappa shape index (κ2) is 5.09. The number of thiazole rings is 1. The average Bonchev–Trinajstić information content (AvgIpc) is 3.09. The SMILES string of the molecule is CCCC1CCC(c2nc(C3CC3)cs2)CC1. The smallest absolute Gasteiger partial charge is 0.0959 e. The predicted molar refractivity (Wildman–Crippen MR) is 73.7 cm³/mol. The van der Waals surface area contributed by atoms with Crippen LogP contribution in [0.3, 0.4) is 0 Å². The molecule has 0 atom stereocenters. The largest absolute Gasteiger partial charge is 0.246 e. The number of hydrogen-bond acceptors (Lipinski definition) is 2. The maximum Gasteiger partial charge on any atom is 0.0959 e. The van der Waals surface area contributed by atoms with Crippen molar-refractivity contribution in [3.05, 3.63) is 16.1 Å². The van der Waals surface area contributed by atoms with Crippen LogP contribution in [0.4, 0.5) is 0 Å². The lowest BCUT2D eigenvalue weighted by Crippen LogP contribution is -2.13. The molecule has 1 heterocycles. The van der Waals surface area contributed by atoms with E-state index in [1.54, 1.807) is 0 Å². The van der Waals surface area contributed by atoms with Gasteiger partial charge in [0.2, 0.25) is 0 Å². The molecule has 2 aliphatic carbocycles. The van der Waals surface area contributed by atoms with Gasteiger partial charge in [-0.1, -0.05) is 19.8 Å². The van der Waals surface area contributed by atoms with Crippen LogP contribution in [-0.4, -0.2) is 4.98 Å². The summed E-state index contributed by atoms with van der Waals surface area (Å²) >= 11 is 1.93.